The maximum absolute atomic E-state index is 11.3. The minimum absolute atomic E-state index is 0.0758. The highest BCUT2D eigenvalue weighted by molar-refractivity contribution is 7.99. The number of hydrogen-bond acceptors (Lipinski definition) is 8. The van der Waals surface area contributed by atoms with Gasteiger partial charge < -0.3 is 10.5 Å². The molecule has 2 aromatic heterocycles. The third-order valence-electron chi connectivity index (χ3n) is 1.95. The number of nitrogens with two attached hydrogens (primary N) is 1. The molecule has 0 radical (unpaired) electrons. The second-order valence-electron chi connectivity index (χ2n) is 3.32. The predicted molar refractivity (Wildman–Crippen MR) is 68.7 cm³/mol. The average Bonchev–Trinajstić information content (AvgIpc) is 2.90. The van der Waals surface area contributed by atoms with E-state index in [1.165, 1.54) is 4.68 Å². The normalized spacial score (nSPS) is 10.4. The summed E-state index contributed by atoms with van der Waals surface area (Å²) >= 11 is 1.14. The summed E-state index contributed by atoms with van der Waals surface area (Å²) in [4.78, 5) is 23.3. The third kappa shape index (κ3) is 3.65. The molecule has 100 valence electrons. The molecule has 0 amide bonds. The highest BCUT2D eigenvalue weighted by atomic mass is 32.2. The van der Waals surface area contributed by atoms with Gasteiger partial charge in [0.15, 0.2) is 5.16 Å². The first-order chi connectivity index (χ1) is 9.19. The zero-order chi connectivity index (χ0) is 13.7. The highest BCUT2D eigenvalue weighted by Gasteiger charge is 2.10. The first-order valence-corrected chi connectivity index (χ1v) is 6.47. The van der Waals surface area contributed by atoms with Crippen LogP contribution in [0.1, 0.15) is 6.92 Å². The van der Waals surface area contributed by atoms with Gasteiger partial charge in [0, 0.05) is 12.4 Å². The number of carbonyl (C=O) groups is 1. The highest BCUT2D eigenvalue weighted by Crippen LogP contribution is 2.15. The number of carbonyl (C=O) groups excluding carboxylic acids is 1. The van der Waals surface area contributed by atoms with Crippen LogP contribution in [0.2, 0.25) is 0 Å². The third-order valence-corrected chi connectivity index (χ3v) is 2.77. The molecule has 2 aromatic rings. The van der Waals surface area contributed by atoms with Crippen molar-refractivity contribution in [2.45, 2.75) is 12.1 Å². The summed E-state index contributed by atoms with van der Waals surface area (Å²) in [7, 11) is 0. The van der Waals surface area contributed by atoms with E-state index in [9.17, 15) is 4.79 Å². The Labute approximate surface area is 113 Å². The Bertz CT molecular complexity index is 559. The van der Waals surface area contributed by atoms with Crippen molar-refractivity contribution in [1.29, 1.82) is 0 Å². The van der Waals surface area contributed by atoms with Crippen LogP contribution < -0.4 is 5.73 Å². The van der Waals surface area contributed by atoms with E-state index in [-0.39, 0.29) is 17.7 Å². The van der Waals surface area contributed by atoms with Crippen molar-refractivity contribution in [3.63, 3.8) is 0 Å². The molecule has 0 atom stereocenters. The summed E-state index contributed by atoms with van der Waals surface area (Å²) in [5.74, 6) is 0.179. The van der Waals surface area contributed by atoms with Gasteiger partial charge in [-0.3, -0.25) is 4.79 Å². The fourth-order valence-corrected chi connectivity index (χ4v) is 1.88. The Balaban J connectivity index is 2.11. The number of thioether (sulfide) groups is 1. The molecule has 0 spiro atoms. The minimum atomic E-state index is -0.327. The lowest BCUT2D eigenvalue weighted by Gasteiger charge is -2.04. The van der Waals surface area contributed by atoms with Crippen LogP contribution in [0.15, 0.2) is 23.6 Å². The Hall–Kier alpha value is -2.16. The molecule has 0 aliphatic heterocycles. The number of nitrogen functional groups attached to an aromatic ring is 1. The number of nitrogens with zero attached hydrogens (tertiary/aromatic N) is 5. The first kappa shape index (κ1) is 13.3. The van der Waals surface area contributed by atoms with E-state index >= 15 is 0 Å². The lowest BCUT2D eigenvalue weighted by atomic mass is 10.7. The van der Waals surface area contributed by atoms with Crippen molar-refractivity contribution >= 4 is 23.7 Å². The smallest absolute Gasteiger partial charge is 0.316 e. The monoisotopic (exact) mass is 280 g/mol. The average molecular weight is 280 g/mol. The van der Waals surface area contributed by atoms with E-state index < -0.39 is 0 Å². The first-order valence-electron chi connectivity index (χ1n) is 5.49. The van der Waals surface area contributed by atoms with Crippen LogP contribution in [-0.4, -0.2) is 43.1 Å². The standard InChI is InChI=1S/C10H12N6O2S/c1-2-18-7(17)6-19-10-14-8(11)13-9(15-10)16-5-3-4-12-16/h3-5H,2,6H2,1H3,(H2,11,13,14,15). The topological polar surface area (TPSA) is 109 Å². The van der Waals surface area contributed by atoms with E-state index in [2.05, 4.69) is 20.1 Å². The fraction of sp³-hybridized carbons (Fsp3) is 0.300. The molecule has 19 heavy (non-hydrogen) atoms. The molecule has 0 saturated carbocycles. The number of esters is 1. The summed E-state index contributed by atoms with van der Waals surface area (Å²) in [5, 5.41) is 4.35. The Morgan fingerprint density at radius 3 is 3.00 bits per heavy atom. The van der Waals surface area contributed by atoms with E-state index in [0.717, 1.165) is 11.8 Å². The molecule has 0 fully saturated rings. The number of anilines is 1. The second kappa shape index (κ2) is 6.14. The van der Waals surface area contributed by atoms with E-state index in [1.807, 2.05) is 0 Å². The van der Waals surface area contributed by atoms with Crippen LogP contribution in [0, 0.1) is 0 Å². The summed E-state index contributed by atoms with van der Waals surface area (Å²) in [5.41, 5.74) is 5.60. The maximum Gasteiger partial charge on any atom is 0.316 e. The van der Waals surface area contributed by atoms with Crippen molar-refractivity contribution < 1.29 is 9.53 Å². The summed E-state index contributed by atoms with van der Waals surface area (Å²) in [6.45, 7) is 2.09. The van der Waals surface area contributed by atoms with Gasteiger partial charge in [-0.05, 0) is 13.0 Å². The Kier molecular flexibility index (Phi) is 4.29. The van der Waals surface area contributed by atoms with Crippen molar-refractivity contribution in [3.8, 4) is 5.95 Å². The van der Waals surface area contributed by atoms with Gasteiger partial charge in [-0.15, -0.1) is 0 Å². The molecule has 0 aromatic carbocycles. The molecule has 0 unspecified atom stereocenters. The van der Waals surface area contributed by atoms with Crippen molar-refractivity contribution in [1.82, 2.24) is 24.7 Å². The fourth-order valence-electron chi connectivity index (χ4n) is 1.24. The quantitative estimate of drug-likeness (QED) is 0.615. The number of rotatable bonds is 5. The van der Waals surface area contributed by atoms with Crippen LogP contribution in [-0.2, 0) is 9.53 Å². The molecule has 2 rings (SSSR count). The molecule has 8 nitrogen and oxygen atoms in total. The van der Waals surface area contributed by atoms with Crippen LogP contribution in [0.25, 0.3) is 5.95 Å². The van der Waals surface area contributed by atoms with E-state index in [4.69, 9.17) is 10.5 Å². The van der Waals surface area contributed by atoms with Gasteiger partial charge in [0.1, 0.15) is 0 Å². The minimum Gasteiger partial charge on any atom is -0.465 e. The zero-order valence-corrected chi connectivity index (χ0v) is 11.0. The molecular weight excluding hydrogens is 268 g/mol. The van der Waals surface area contributed by atoms with Crippen molar-refractivity contribution in [2.75, 3.05) is 18.1 Å². The largest absolute Gasteiger partial charge is 0.465 e. The van der Waals surface area contributed by atoms with Gasteiger partial charge in [0.25, 0.3) is 5.95 Å². The summed E-state index contributed by atoms with van der Waals surface area (Å²) < 4.78 is 6.28. The second-order valence-corrected chi connectivity index (χ2v) is 4.26. The van der Waals surface area contributed by atoms with Crippen LogP contribution in [0.3, 0.4) is 0 Å². The van der Waals surface area contributed by atoms with Crippen LogP contribution in [0.5, 0.6) is 0 Å². The molecule has 0 saturated heterocycles. The molecular formula is C10H12N6O2S. The van der Waals surface area contributed by atoms with Gasteiger partial charge in [-0.25, -0.2) is 4.68 Å². The van der Waals surface area contributed by atoms with Gasteiger partial charge in [0.2, 0.25) is 5.95 Å². The Morgan fingerprint density at radius 2 is 2.32 bits per heavy atom. The van der Waals surface area contributed by atoms with Crippen LogP contribution >= 0.6 is 11.8 Å². The van der Waals surface area contributed by atoms with Crippen LogP contribution in [0.4, 0.5) is 5.95 Å². The number of hydrogen-bond donors (Lipinski definition) is 1. The number of ether oxygens (including phenoxy) is 1. The van der Waals surface area contributed by atoms with E-state index in [0.29, 0.717) is 17.7 Å². The Morgan fingerprint density at radius 1 is 1.47 bits per heavy atom. The molecule has 0 bridgehead atoms. The van der Waals surface area contributed by atoms with Gasteiger partial charge in [-0.1, -0.05) is 11.8 Å². The SMILES string of the molecule is CCOC(=O)CSc1nc(N)nc(-n2cccn2)n1. The molecule has 0 aliphatic carbocycles. The number of aromatic nitrogens is 5. The molecule has 0 aliphatic rings. The zero-order valence-electron chi connectivity index (χ0n) is 10.2. The van der Waals surface area contributed by atoms with Gasteiger partial charge >= 0.3 is 5.97 Å². The lowest BCUT2D eigenvalue weighted by Crippen LogP contribution is -2.10. The van der Waals surface area contributed by atoms with Crippen molar-refractivity contribution in [3.05, 3.63) is 18.5 Å². The summed E-state index contributed by atoms with van der Waals surface area (Å²) in [6.07, 6.45) is 3.29. The maximum atomic E-state index is 11.3. The van der Waals surface area contributed by atoms with Gasteiger partial charge in [0.05, 0.1) is 12.4 Å². The van der Waals surface area contributed by atoms with E-state index in [1.54, 1.807) is 25.4 Å². The van der Waals surface area contributed by atoms with Crippen molar-refractivity contribution in [2.24, 2.45) is 0 Å². The lowest BCUT2D eigenvalue weighted by molar-refractivity contribution is -0.139. The molecule has 9 heteroatoms. The predicted octanol–water partition coefficient (Wildman–Crippen LogP) is 0.295. The molecule has 2 N–H and O–H groups in total. The molecule has 2 heterocycles. The van der Waals surface area contributed by atoms with Gasteiger partial charge in [-0.2, -0.15) is 20.1 Å². The summed E-state index contributed by atoms with van der Waals surface area (Å²) in [6, 6.07) is 1.74.